The number of ether oxygens (including phenoxy) is 1. The summed E-state index contributed by atoms with van der Waals surface area (Å²) in [5, 5.41) is 11.7. The second-order valence-corrected chi connectivity index (χ2v) is 2.99. The summed E-state index contributed by atoms with van der Waals surface area (Å²) in [7, 11) is 2.07. The van der Waals surface area contributed by atoms with Crippen LogP contribution in [0.3, 0.4) is 0 Å². The van der Waals surface area contributed by atoms with Gasteiger partial charge in [0.25, 0.3) is 0 Å². The molecule has 2 N–H and O–H groups in total. The second kappa shape index (κ2) is 9.92. The molecule has 0 aromatic rings. The molecule has 0 radical (unpaired) electrons. The van der Waals surface area contributed by atoms with E-state index in [0.29, 0.717) is 13.2 Å². The Morgan fingerprint density at radius 2 is 2.08 bits per heavy atom. The molecule has 4 nitrogen and oxygen atoms in total. The fourth-order valence-corrected chi connectivity index (χ4v) is 0.945. The van der Waals surface area contributed by atoms with Gasteiger partial charge in [0.2, 0.25) is 0 Å². The van der Waals surface area contributed by atoms with Gasteiger partial charge < -0.3 is 20.1 Å². The molecule has 0 aliphatic carbocycles. The lowest BCUT2D eigenvalue weighted by Crippen LogP contribution is -2.31. The van der Waals surface area contributed by atoms with Gasteiger partial charge in [-0.25, -0.2) is 0 Å². The number of hydrogen-bond acceptors (Lipinski definition) is 4. The van der Waals surface area contributed by atoms with Crippen LogP contribution >= 0.6 is 0 Å². The van der Waals surface area contributed by atoms with Gasteiger partial charge in [-0.2, -0.15) is 0 Å². The molecule has 0 aromatic carbocycles. The number of likely N-dealkylation sites (N-methyl/N-ethyl adjacent to an activating group) is 2. The molecular weight excluding hydrogens is 168 g/mol. The highest BCUT2D eigenvalue weighted by Gasteiger charge is 1.96. The Kier molecular flexibility index (Phi) is 9.80. The molecule has 0 spiro atoms. The fraction of sp³-hybridized carbons (Fsp3) is 1.00. The number of nitrogens with zero attached hydrogens (tertiary/aromatic N) is 1. The Hall–Kier alpha value is -0.160. The lowest BCUT2D eigenvalue weighted by atomic mass is 10.5. The van der Waals surface area contributed by atoms with Gasteiger partial charge in [-0.15, -0.1) is 0 Å². The van der Waals surface area contributed by atoms with Crippen LogP contribution in [-0.4, -0.2) is 63.1 Å². The van der Waals surface area contributed by atoms with Crippen molar-refractivity contribution in [3.63, 3.8) is 0 Å². The van der Waals surface area contributed by atoms with Gasteiger partial charge in [0.05, 0.1) is 19.8 Å². The van der Waals surface area contributed by atoms with E-state index in [-0.39, 0.29) is 6.61 Å². The summed E-state index contributed by atoms with van der Waals surface area (Å²) in [6, 6.07) is 0. The van der Waals surface area contributed by atoms with E-state index in [2.05, 4.69) is 24.2 Å². The first-order chi connectivity index (χ1) is 6.31. The molecular formula is C9H22N2O2. The molecule has 0 aromatic heterocycles. The molecule has 0 bridgehead atoms. The predicted octanol–water partition coefficient (Wildman–Crippen LogP) is -0.463. The Bertz CT molecular complexity index is 102. The van der Waals surface area contributed by atoms with Gasteiger partial charge >= 0.3 is 0 Å². The van der Waals surface area contributed by atoms with Crippen LogP contribution in [0.4, 0.5) is 0 Å². The molecule has 0 aliphatic heterocycles. The molecule has 80 valence electrons. The normalized spacial score (nSPS) is 11.1. The zero-order valence-electron chi connectivity index (χ0n) is 8.75. The minimum atomic E-state index is 0.112. The Labute approximate surface area is 80.9 Å². The summed E-state index contributed by atoms with van der Waals surface area (Å²) in [4.78, 5) is 2.21. The Balaban J connectivity index is 3.05. The van der Waals surface area contributed by atoms with Gasteiger partial charge in [-0.3, -0.25) is 0 Å². The topological polar surface area (TPSA) is 44.7 Å². The highest BCUT2D eigenvalue weighted by atomic mass is 16.5. The van der Waals surface area contributed by atoms with E-state index in [4.69, 9.17) is 9.84 Å². The molecule has 0 saturated carbocycles. The summed E-state index contributed by atoms with van der Waals surface area (Å²) in [5.74, 6) is 0. The first kappa shape index (κ1) is 12.8. The van der Waals surface area contributed by atoms with Crippen molar-refractivity contribution in [1.82, 2.24) is 10.2 Å². The second-order valence-electron chi connectivity index (χ2n) is 2.99. The van der Waals surface area contributed by atoms with Crippen molar-refractivity contribution in [3.05, 3.63) is 0 Å². The zero-order valence-corrected chi connectivity index (χ0v) is 8.75. The summed E-state index contributed by atoms with van der Waals surface area (Å²) >= 11 is 0. The van der Waals surface area contributed by atoms with E-state index in [1.54, 1.807) is 0 Å². The van der Waals surface area contributed by atoms with E-state index in [1.807, 2.05) is 0 Å². The smallest absolute Gasteiger partial charge is 0.0698 e. The van der Waals surface area contributed by atoms with Crippen LogP contribution in [0.25, 0.3) is 0 Å². The van der Waals surface area contributed by atoms with Crippen molar-refractivity contribution < 1.29 is 9.84 Å². The minimum Gasteiger partial charge on any atom is -0.394 e. The molecule has 0 aliphatic rings. The molecule has 0 amide bonds. The standard InChI is InChI=1S/C9H22N2O2/c1-3-10-4-5-11(2)6-8-13-9-7-12/h10,12H,3-9H2,1-2H3. The maximum Gasteiger partial charge on any atom is 0.0698 e. The minimum absolute atomic E-state index is 0.112. The van der Waals surface area contributed by atoms with Crippen molar-refractivity contribution in [3.8, 4) is 0 Å². The van der Waals surface area contributed by atoms with Crippen LogP contribution in [0.15, 0.2) is 0 Å². The summed E-state index contributed by atoms with van der Waals surface area (Å²) < 4.78 is 5.15. The number of aliphatic hydroxyl groups excluding tert-OH is 1. The quantitative estimate of drug-likeness (QED) is 0.483. The maximum absolute atomic E-state index is 8.46. The molecule has 4 heteroatoms. The zero-order chi connectivity index (χ0) is 9.94. The average Bonchev–Trinajstić information content (AvgIpc) is 2.13. The third-order valence-electron chi connectivity index (χ3n) is 1.77. The Morgan fingerprint density at radius 3 is 2.69 bits per heavy atom. The van der Waals surface area contributed by atoms with Crippen LogP contribution in [0.5, 0.6) is 0 Å². The monoisotopic (exact) mass is 190 g/mol. The van der Waals surface area contributed by atoms with Gasteiger partial charge in [-0.05, 0) is 13.6 Å². The number of aliphatic hydroxyl groups is 1. The van der Waals surface area contributed by atoms with Gasteiger partial charge in [0, 0.05) is 19.6 Å². The molecule has 0 fully saturated rings. The van der Waals surface area contributed by atoms with Crippen molar-refractivity contribution in [2.24, 2.45) is 0 Å². The van der Waals surface area contributed by atoms with Crippen molar-refractivity contribution in [2.75, 3.05) is 53.0 Å². The number of hydrogen-bond donors (Lipinski definition) is 2. The average molecular weight is 190 g/mol. The third-order valence-corrected chi connectivity index (χ3v) is 1.77. The molecule has 13 heavy (non-hydrogen) atoms. The summed E-state index contributed by atoms with van der Waals surface area (Å²) in [6.45, 7) is 7.36. The number of nitrogens with one attached hydrogen (secondary N) is 1. The van der Waals surface area contributed by atoms with Crippen LogP contribution < -0.4 is 5.32 Å². The first-order valence-electron chi connectivity index (χ1n) is 4.89. The first-order valence-corrected chi connectivity index (χ1v) is 4.89. The van der Waals surface area contributed by atoms with Crippen molar-refractivity contribution in [1.29, 1.82) is 0 Å². The maximum atomic E-state index is 8.46. The SMILES string of the molecule is CCNCCN(C)CCOCCO. The molecule has 0 unspecified atom stereocenters. The fourth-order valence-electron chi connectivity index (χ4n) is 0.945. The van der Waals surface area contributed by atoms with Crippen LogP contribution in [0, 0.1) is 0 Å². The van der Waals surface area contributed by atoms with Crippen molar-refractivity contribution >= 4 is 0 Å². The third kappa shape index (κ3) is 9.76. The Morgan fingerprint density at radius 1 is 1.31 bits per heavy atom. The molecule has 0 saturated heterocycles. The van der Waals surface area contributed by atoms with E-state index < -0.39 is 0 Å². The van der Waals surface area contributed by atoms with Gasteiger partial charge in [0.15, 0.2) is 0 Å². The largest absolute Gasteiger partial charge is 0.394 e. The molecule has 0 rings (SSSR count). The lowest BCUT2D eigenvalue weighted by Gasteiger charge is -2.16. The van der Waals surface area contributed by atoms with E-state index in [0.717, 1.165) is 26.2 Å². The molecule has 0 heterocycles. The van der Waals surface area contributed by atoms with Crippen LogP contribution in [0.2, 0.25) is 0 Å². The number of rotatable bonds is 9. The highest BCUT2D eigenvalue weighted by Crippen LogP contribution is 1.82. The lowest BCUT2D eigenvalue weighted by molar-refractivity contribution is 0.0786. The van der Waals surface area contributed by atoms with Gasteiger partial charge in [0.1, 0.15) is 0 Å². The van der Waals surface area contributed by atoms with Crippen LogP contribution in [-0.2, 0) is 4.74 Å². The summed E-state index contributed by atoms with van der Waals surface area (Å²) in [6.07, 6.45) is 0. The van der Waals surface area contributed by atoms with E-state index >= 15 is 0 Å². The van der Waals surface area contributed by atoms with Gasteiger partial charge in [-0.1, -0.05) is 6.92 Å². The van der Waals surface area contributed by atoms with Crippen molar-refractivity contribution in [2.45, 2.75) is 6.92 Å². The predicted molar refractivity (Wildman–Crippen MR) is 53.9 cm³/mol. The van der Waals surface area contributed by atoms with E-state index in [1.165, 1.54) is 0 Å². The molecule has 0 atom stereocenters. The summed E-state index contributed by atoms with van der Waals surface area (Å²) in [5.41, 5.74) is 0. The van der Waals surface area contributed by atoms with Crippen LogP contribution in [0.1, 0.15) is 6.92 Å². The highest BCUT2D eigenvalue weighted by molar-refractivity contribution is 4.52. The van der Waals surface area contributed by atoms with E-state index in [9.17, 15) is 0 Å².